The van der Waals surface area contributed by atoms with Gasteiger partial charge in [-0.05, 0) is 31.2 Å². The Bertz CT molecular complexity index is 962. The number of nitrogens with one attached hydrogen (secondary N) is 1. The van der Waals surface area contributed by atoms with Crippen molar-refractivity contribution in [3.05, 3.63) is 40.3 Å². The molecule has 0 bridgehead atoms. The van der Waals surface area contributed by atoms with E-state index in [4.69, 9.17) is 0 Å². The smallest absolute Gasteiger partial charge is 0.406 e. The van der Waals surface area contributed by atoms with Crippen LogP contribution in [0, 0.1) is 0 Å². The van der Waals surface area contributed by atoms with Crippen molar-refractivity contribution >= 4 is 35.1 Å². The summed E-state index contributed by atoms with van der Waals surface area (Å²) >= 11 is 2.67. The van der Waals surface area contributed by atoms with Gasteiger partial charge in [-0.1, -0.05) is 18.7 Å². The molecule has 1 atom stereocenters. The molecule has 156 valence electrons. The van der Waals surface area contributed by atoms with Gasteiger partial charge >= 0.3 is 6.36 Å². The molecule has 0 radical (unpaired) electrons. The van der Waals surface area contributed by atoms with E-state index in [9.17, 15) is 22.8 Å². The quantitative estimate of drug-likeness (QED) is 0.537. The van der Waals surface area contributed by atoms with Crippen LogP contribution >= 0.6 is 23.5 Å². The molecule has 29 heavy (non-hydrogen) atoms. The summed E-state index contributed by atoms with van der Waals surface area (Å²) in [4.78, 5) is 30.1. The molecule has 0 saturated heterocycles. The van der Waals surface area contributed by atoms with Crippen molar-refractivity contribution in [2.75, 3.05) is 11.1 Å². The van der Waals surface area contributed by atoms with Crippen molar-refractivity contribution in [1.29, 1.82) is 0 Å². The fourth-order valence-electron chi connectivity index (χ4n) is 2.79. The van der Waals surface area contributed by atoms with E-state index in [1.165, 1.54) is 23.9 Å². The van der Waals surface area contributed by atoms with Crippen LogP contribution in [0.2, 0.25) is 0 Å². The van der Waals surface area contributed by atoms with Crippen LogP contribution in [0.4, 0.5) is 18.9 Å². The van der Waals surface area contributed by atoms with Crippen LogP contribution in [-0.2, 0) is 17.8 Å². The molecule has 0 aliphatic carbocycles. The second kappa shape index (κ2) is 8.70. The third-order valence-electron chi connectivity index (χ3n) is 3.98. The normalized spacial score (nSPS) is 15.8. The van der Waals surface area contributed by atoms with Crippen LogP contribution in [-0.4, -0.2) is 32.8 Å². The maximum absolute atomic E-state index is 12.6. The van der Waals surface area contributed by atoms with Crippen molar-refractivity contribution < 1.29 is 22.7 Å². The van der Waals surface area contributed by atoms with Crippen LogP contribution in [0.1, 0.15) is 19.5 Å². The molecule has 1 amide bonds. The van der Waals surface area contributed by atoms with Gasteiger partial charge in [-0.15, -0.1) is 24.9 Å². The number of hydrogen-bond acceptors (Lipinski definition) is 6. The van der Waals surface area contributed by atoms with E-state index in [-0.39, 0.29) is 23.0 Å². The van der Waals surface area contributed by atoms with Gasteiger partial charge in [0, 0.05) is 23.9 Å². The van der Waals surface area contributed by atoms with Gasteiger partial charge in [-0.2, -0.15) is 0 Å². The van der Waals surface area contributed by atoms with Crippen LogP contribution in [0.3, 0.4) is 0 Å². The Labute approximate surface area is 173 Å². The highest BCUT2D eigenvalue weighted by atomic mass is 32.2. The average molecular weight is 445 g/mol. The summed E-state index contributed by atoms with van der Waals surface area (Å²) in [6.45, 7) is 4.32. The number of ether oxygens (including phenoxy) is 1. The number of fused-ring (bicyclic) bond motifs is 1. The Hall–Kier alpha value is -2.14. The third kappa shape index (κ3) is 5.47. The number of carbonyl (C=O) groups is 1. The number of aromatic nitrogens is 2. The zero-order valence-electron chi connectivity index (χ0n) is 15.6. The Morgan fingerprint density at radius 2 is 2.07 bits per heavy atom. The van der Waals surface area contributed by atoms with E-state index in [2.05, 4.69) is 15.0 Å². The summed E-state index contributed by atoms with van der Waals surface area (Å²) in [5.41, 5.74) is 1.01. The molecule has 6 nitrogen and oxygen atoms in total. The molecule has 1 aromatic carbocycles. The number of thioether (sulfide) groups is 2. The Morgan fingerprint density at radius 3 is 2.69 bits per heavy atom. The molecule has 11 heteroatoms. The number of anilines is 1. The lowest BCUT2D eigenvalue weighted by Gasteiger charge is -2.12. The minimum Gasteiger partial charge on any atom is -0.406 e. The summed E-state index contributed by atoms with van der Waals surface area (Å²) < 4.78 is 41.9. The van der Waals surface area contributed by atoms with Crippen LogP contribution in [0.15, 0.2) is 39.1 Å². The minimum absolute atomic E-state index is 0.00866. The molecule has 1 aromatic heterocycles. The SMILES string of the molecule is CCn1c(SCC(=O)Nc2ccc(OC(F)(F)F)cc2)nc2c(c1=O)S[C@@H](C)C2. The lowest BCUT2D eigenvalue weighted by molar-refractivity contribution is -0.274. The lowest BCUT2D eigenvalue weighted by atomic mass is 10.2. The minimum atomic E-state index is -4.77. The number of carbonyl (C=O) groups excluding carboxylic acids is 1. The molecule has 0 fully saturated rings. The maximum Gasteiger partial charge on any atom is 0.573 e. The second-order valence-electron chi connectivity index (χ2n) is 6.26. The highest BCUT2D eigenvalue weighted by molar-refractivity contribution is 8.00. The summed E-state index contributed by atoms with van der Waals surface area (Å²) in [7, 11) is 0. The van der Waals surface area contributed by atoms with Crippen molar-refractivity contribution in [1.82, 2.24) is 9.55 Å². The van der Waals surface area contributed by atoms with E-state index in [0.717, 1.165) is 29.6 Å². The zero-order chi connectivity index (χ0) is 21.2. The zero-order valence-corrected chi connectivity index (χ0v) is 17.2. The molecular formula is C18H18F3N3O3S2. The Balaban J connectivity index is 1.63. The van der Waals surface area contributed by atoms with Crippen molar-refractivity contribution in [3.63, 3.8) is 0 Å². The lowest BCUT2D eigenvalue weighted by Crippen LogP contribution is -2.25. The highest BCUT2D eigenvalue weighted by Gasteiger charge is 2.31. The number of hydrogen-bond donors (Lipinski definition) is 1. The summed E-state index contributed by atoms with van der Waals surface area (Å²) in [6.07, 6.45) is -4.05. The molecule has 0 saturated carbocycles. The van der Waals surface area contributed by atoms with Crippen molar-refractivity contribution in [3.8, 4) is 5.75 Å². The summed E-state index contributed by atoms with van der Waals surface area (Å²) in [5, 5.41) is 3.37. The van der Waals surface area contributed by atoms with Gasteiger partial charge in [0.2, 0.25) is 5.91 Å². The first-order valence-corrected chi connectivity index (χ1v) is 10.6. The summed E-state index contributed by atoms with van der Waals surface area (Å²) in [6, 6.07) is 4.87. The molecule has 2 heterocycles. The number of alkyl halides is 3. The Kier molecular flexibility index (Phi) is 6.47. The first kappa shape index (κ1) is 21.6. The maximum atomic E-state index is 12.6. The average Bonchev–Trinajstić information content (AvgIpc) is 3.01. The number of halogens is 3. The van der Waals surface area contributed by atoms with E-state index in [0.29, 0.717) is 34.0 Å². The fourth-order valence-corrected chi connectivity index (χ4v) is 4.78. The molecule has 3 rings (SSSR count). The molecular weight excluding hydrogens is 427 g/mol. The van der Waals surface area contributed by atoms with Gasteiger partial charge in [0.15, 0.2) is 5.16 Å². The molecule has 1 aliphatic heterocycles. The van der Waals surface area contributed by atoms with E-state index in [1.54, 1.807) is 4.57 Å². The van der Waals surface area contributed by atoms with Gasteiger partial charge in [-0.25, -0.2) is 4.98 Å². The first-order chi connectivity index (χ1) is 13.7. The number of amides is 1. The fraction of sp³-hybridized carbons (Fsp3) is 0.389. The monoisotopic (exact) mass is 445 g/mol. The molecule has 2 aromatic rings. The van der Waals surface area contributed by atoms with E-state index < -0.39 is 6.36 Å². The van der Waals surface area contributed by atoms with Gasteiger partial charge in [0.25, 0.3) is 5.56 Å². The third-order valence-corrected chi connectivity index (χ3v) is 6.17. The van der Waals surface area contributed by atoms with Gasteiger partial charge in [-0.3, -0.25) is 14.2 Å². The largest absolute Gasteiger partial charge is 0.573 e. The second-order valence-corrected chi connectivity index (χ2v) is 8.65. The van der Waals surface area contributed by atoms with Gasteiger partial charge in [0.1, 0.15) is 5.75 Å². The predicted octanol–water partition coefficient (Wildman–Crippen LogP) is 3.93. The van der Waals surface area contributed by atoms with Crippen LogP contribution in [0.25, 0.3) is 0 Å². The topological polar surface area (TPSA) is 73.2 Å². The number of nitrogens with zero attached hydrogens (tertiary/aromatic N) is 2. The van der Waals surface area contributed by atoms with Crippen LogP contribution < -0.4 is 15.6 Å². The predicted molar refractivity (Wildman–Crippen MR) is 106 cm³/mol. The van der Waals surface area contributed by atoms with E-state index >= 15 is 0 Å². The number of rotatable bonds is 6. The molecule has 1 aliphatic rings. The van der Waals surface area contributed by atoms with Crippen molar-refractivity contribution in [2.45, 2.75) is 48.5 Å². The highest BCUT2D eigenvalue weighted by Crippen LogP contribution is 2.34. The van der Waals surface area contributed by atoms with Gasteiger partial charge < -0.3 is 10.1 Å². The van der Waals surface area contributed by atoms with E-state index in [1.807, 2.05) is 13.8 Å². The molecule has 0 unspecified atom stereocenters. The standard InChI is InChI=1S/C18H18F3N3O3S2/c1-3-24-16(26)15-13(8-10(2)29-15)23-17(24)28-9-14(25)22-11-4-6-12(7-5-11)27-18(19,20)21/h4-7,10H,3,8-9H2,1-2H3,(H,22,25)/t10-/m0/s1. The Morgan fingerprint density at radius 1 is 1.38 bits per heavy atom. The molecule has 1 N–H and O–H groups in total. The first-order valence-electron chi connectivity index (χ1n) is 8.75. The molecule has 0 spiro atoms. The summed E-state index contributed by atoms with van der Waals surface area (Å²) in [5.74, 6) is -0.722. The van der Waals surface area contributed by atoms with Crippen molar-refractivity contribution in [2.24, 2.45) is 0 Å². The number of benzene rings is 1. The van der Waals surface area contributed by atoms with Crippen LogP contribution in [0.5, 0.6) is 5.75 Å². The van der Waals surface area contributed by atoms with Gasteiger partial charge in [0.05, 0.1) is 16.3 Å².